The van der Waals surface area contributed by atoms with Gasteiger partial charge in [-0.3, -0.25) is 4.79 Å². The third-order valence-electron chi connectivity index (χ3n) is 2.51. The fourth-order valence-electron chi connectivity index (χ4n) is 1.63. The number of hydrogen-bond donors (Lipinski definition) is 2. The second-order valence-corrected chi connectivity index (χ2v) is 4.04. The quantitative estimate of drug-likeness (QED) is 0.623. The highest BCUT2D eigenvalue weighted by atomic mass is 16.6. The molecule has 0 radical (unpaired) electrons. The Morgan fingerprint density at radius 2 is 2.25 bits per heavy atom. The minimum Gasteiger partial charge on any atom is -0.392 e. The zero-order valence-corrected chi connectivity index (χ0v) is 10.4. The van der Waals surface area contributed by atoms with E-state index in [1.165, 1.54) is 16.9 Å². The molecule has 8 nitrogen and oxygen atoms in total. The number of aromatic nitrogens is 2. The molecule has 0 aliphatic rings. The van der Waals surface area contributed by atoms with Crippen molar-refractivity contribution in [1.82, 2.24) is 9.78 Å². The monoisotopic (exact) mass is 276 g/mol. The number of nitrogens with zero attached hydrogens (tertiary/aromatic N) is 3. The number of carbonyl (C=O) groups excluding carboxylic acids is 1. The molecule has 0 saturated heterocycles. The van der Waals surface area contributed by atoms with Crippen LogP contribution in [0.4, 0.5) is 11.5 Å². The highest BCUT2D eigenvalue weighted by Crippen LogP contribution is 2.11. The van der Waals surface area contributed by atoms with Gasteiger partial charge in [0.25, 0.3) is 0 Å². The second-order valence-electron chi connectivity index (χ2n) is 4.04. The molecule has 0 spiro atoms. The van der Waals surface area contributed by atoms with Gasteiger partial charge in [0, 0.05) is 5.69 Å². The Kier molecular flexibility index (Phi) is 4.06. The lowest BCUT2D eigenvalue weighted by Crippen LogP contribution is -2.19. The van der Waals surface area contributed by atoms with Crippen molar-refractivity contribution in [1.29, 1.82) is 0 Å². The summed E-state index contributed by atoms with van der Waals surface area (Å²) in [4.78, 5) is 21.6. The lowest BCUT2D eigenvalue weighted by atomic mass is 10.2. The molecule has 1 aromatic heterocycles. The summed E-state index contributed by atoms with van der Waals surface area (Å²) in [5, 5.41) is 25.7. The molecule has 1 heterocycles. The number of nitrogens with one attached hydrogen (secondary N) is 1. The maximum Gasteiger partial charge on any atom is 0.389 e. The Balaban J connectivity index is 1.99. The van der Waals surface area contributed by atoms with Crippen LogP contribution in [0.3, 0.4) is 0 Å². The molecule has 2 rings (SSSR count). The van der Waals surface area contributed by atoms with Crippen LogP contribution in [-0.2, 0) is 17.9 Å². The Morgan fingerprint density at radius 1 is 1.45 bits per heavy atom. The van der Waals surface area contributed by atoms with Crippen molar-refractivity contribution >= 4 is 17.4 Å². The van der Waals surface area contributed by atoms with Crippen LogP contribution in [0.5, 0.6) is 0 Å². The Labute approximate surface area is 113 Å². The maximum absolute atomic E-state index is 11.8. The first-order chi connectivity index (χ1) is 9.58. The van der Waals surface area contributed by atoms with Crippen molar-refractivity contribution in [3.8, 4) is 0 Å². The van der Waals surface area contributed by atoms with Crippen molar-refractivity contribution in [2.24, 2.45) is 0 Å². The van der Waals surface area contributed by atoms with E-state index in [4.69, 9.17) is 5.11 Å². The number of nitro groups is 1. The van der Waals surface area contributed by atoms with E-state index in [1.54, 1.807) is 24.3 Å². The molecule has 0 atom stereocenters. The number of hydrogen-bond acceptors (Lipinski definition) is 5. The zero-order valence-electron chi connectivity index (χ0n) is 10.4. The van der Waals surface area contributed by atoms with Crippen molar-refractivity contribution in [2.75, 3.05) is 5.32 Å². The summed E-state index contributed by atoms with van der Waals surface area (Å²) in [7, 11) is 0. The van der Waals surface area contributed by atoms with Crippen LogP contribution in [0.25, 0.3) is 0 Å². The normalized spacial score (nSPS) is 10.2. The van der Waals surface area contributed by atoms with E-state index < -0.39 is 4.92 Å². The molecule has 2 aromatic rings. The average Bonchev–Trinajstić information content (AvgIpc) is 2.87. The van der Waals surface area contributed by atoms with E-state index in [0.717, 1.165) is 0 Å². The lowest BCUT2D eigenvalue weighted by Gasteiger charge is -2.05. The number of benzene rings is 1. The first-order valence-corrected chi connectivity index (χ1v) is 5.76. The number of aliphatic hydroxyl groups is 1. The van der Waals surface area contributed by atoms with Crippen molar-refractivity contribution in [3.05, 3.63) is 52.2 Å². The van der Waals surface area contributed by atoms with Gasteiger partial charge in [-0.2, -0.15) is 4.68 Å². The van der Waals surface area contributed by atoms with Gasteiger partial charge in [-0.25, -0.2) is 0 Å². The standard InChI is InChI=1S/C12H12N4O4/c17-8-9-2-1-3-10(6-9)13-12(18)7-15-5-4-11(14-15)16(19)20/h1-6,17H,7-8H2,(H,13,18). The lowest BCUT2D eigenvalue weighted by molar-refractivity contribution is -0.389. The van der Waals surface area contributed by atoms with Gasteiger partial charge in [0.05, 0.1) is 24.0 Å². The number of aliphatic hydroxyl groups excluding tert-OH is 1. The topological polar surface area (TPSA) is 110 Å². The van der Waals surface area contributed by atoms with Gasteiger partial charge in [-0.05, 0) is 22.6 Å². The fraction of sp³-hybridized carbons (Fsp3) is 0.167. The third-order valence-corrected chi connectivity index (χ3v) is 2.51. The van der Waals surface area contributed by atoms with E-state index in [1.807, 2.05) is 0 Å². The van der Waals surface area contributed by atoms with Crippen LogP contribution in [0.2, 0.25) is 0 Å². The van der Waals surface area contributed by atoms with Gasteiger partial charge in [-0.15, -0.1) is 0 Å². The van der Waals surface area contributed by atoms with E-state index >= 15 is 0 Å². The van der Waals surface area contributed by atoms with Gasteiger partial charge >= 0.3 is 5.82 Å². The highest BCUT2D eigenvalue weighted by Gasteiger charge is 2.13. The molecule has 0 aliphatic carbocycles. The van der Waals surface area contributed by atoms with Gasteiger partial charge in [0.1, 0.15) is 6.54 Å². The van der Waals surface area contributed by atoms with E-state index in [0.29, 0.717) is 11.3 Å². The molecule has 0 aliphatic heterocycles. The molecular weight excluding hydrogens is 264 g/mol. The smallest absolute Gasteiger partial charge is 0.389 e. The average molecular weight is 276 g/mol. The van der Waals surface area contributed by atoms with Crippen molar-refractivity contribution in [3.63, 3.8) is 0 Å². The minimum absolute atomic E-state index is 0.116. The van der Waals surface area contributed by atoms with Gasteiger partial charge in [-0.1, -0.05) is 12.1 Å². The van der Waals surface area contributed by atoms with Crippen LogP contribution < -0.4 is 5.32 Å². The van der Waals surface area contributed by atoms with Crippen LogP contribution >= 0.6 is 0 Å². The SMILES string of the molecule is O=C(Cn1ccc([N+](=O)[O-])n1)Nc1cccc(CO)c1. The maximum atomic E-state index is 11.8. The molecule has 0 fully saturated rings. The van der Waals surface area contributed by atoms with E-state index in [9.17, 15) is 14.9 Å². The van der Waals surface area contributed by atoms with Crippen LogP contribution in [0.15, 0.2) is 36.5 Å². The molecule has 0 bridgehead atoms. The summed E-state index contributed by atoms with van der Waals surface area (Å²) in [6, 6.07) is 7.98. The molecule has 2 N–H and O–H groups in total. The van der Waals surface area contributed by atoms with Crippen LogP contribution in [0.1, 0.15) is 5.56 Å². The summed E-state index contributed by atoms with van der Waals surface area (Å²) in [6.45, 7) is -0.244. The Morgan fingerprint density at radius 3 is 2.90 bits per heavy atom. The molecule has 20 heavy (non-hydrogen) atoms. The Hall–Kier alpha value is -2.74. The number of amides is 1. The molecule has 0 unspecified atom stereocenters. The van der Waals surface area contributed by atoms with E-state index in [2.05, 4.69) is 10.4 Å². The minimum atomic E-state index is -0.626. The largest absolute Gasteiger partial charge is 0.392 e. The van der Waals surface area contributed by atoms with Crippen molar-refractivity contribution in [2.45, 2.75) is 13.2 Å². The molecule has 1 aromatic carbocycles. The summed E-state index contributed by atoms with van der Waals surface area (Å²) in [5.41, 5.74) is 1.22. The molecule has 104 valence electrons. The summed E-state index contributed by atoms with van der Waals surface area (Å²) in [5.74, 6) is -0.668. The van der Waals surface area contributed by atoms with Gasteiger partial charge < -0.3 is 20.5 Å². The fourth-order valence-corrected chi connectivity index (χ4v) is 1.63. The van der Waals surface area contributed by atoms with E-state index in [-0.39, 0.29) is 24.9 Å². The summed E-state index contributed by atoms with van der Waals surface area (Å²) >= 11 is 0. The molecule has 8 heteroatoms. The molecule has 0 saturated carbocycles. The number of rotatable bonds is 5. The summed E-state index contributed by atoms with van der Waals surface area (Å²) in [6.07, 6.45) is 1.36. The number of carbonyl (C=O) groups is 1. The van der Waals surface area contributed by atoms with Gasteiger partial charge in [0.15, 0.2) is 0 Å². The number of anilines is 1. The Bertz CT molecular complexity index is 638. The second kappa shape index (κ2) is 5.93. The van der Waals surface area contributed by atoms with Crippen molar-refractivity contribution < 1.29 is 14.8 Å². The first-order valence-electron chi connectivity index (χ1n) is 5.76. The van der Waals surface area contributed by atoms with Crippen LogP contribution in [0, 0.1) is 10.1 Å². The highest BCUT2D eigenvalue weighted by molar-refractivity contribution is 5.90. The summed E-state index contributed by atoms with van der Waals surface area (Å²) < 4.78 is 1.18. The molecule has 1 amide bonds. The first kappa shape index (κ1) is 13.7. The predicted octanol–water partition coefficient (Wildman–Crippen LogP) is 0.922. The predicted molar refractivity (Wildman–Crippen MR) is 69.9 cm³/mol. The zero-order chi connectivity index (χ0) is 14.5. The molecular formula is C12H12N4O4. The van der Waals surface area contributed by atoms with Gasteiger partial charge in [0.2, 0.25) is 5.91 Å². The van der Waals surface area contributed by atoms with Crippen LogP contribution in [-0.4, -0.2) is 25.7 Å². The third kappa shape index (κ3) is 3.39.